The minimum atomic E-state index is -4.66. The number of ether oxygens (including phenoxy) is 2. The van der Waals surface area contributed by atoms with Gasteiger partial charge in [-0.25, -0.2) is 14.5 Å². The van der Waals surface area contributed by atoms with Gasteiger partial charge in [0, 0.05) is 26.8 Å². The lowest BCUT2D eigenvalue weighted by Gasteiger charge is -2.34. The summed E-state index contributed by atoms with van der Waals surface area (Å²) in [6, 6.07) is 3.17. The minimum Gasteiger partial charge on any atom is -0.383 e. The Hall–Kier alpha value is -3.49. The second kappa shape index (κ2) is 8.87. The molecule has 4 aromatic heterocycles. The van der Waals surface area contributed by atoms with Crippen LogP contribution in [0.25, 0.3) is 11.5 Å². The number of methoxy groups -OCH3 is 2. The van der Waals surface area contributed by atoms with Crippen LogP contribution >= 0.6 is 11.6 Å². The van der Waals surface area contributed by atoms with Gasteiger partial charge in [0.2, 0.25) is 6.35 Å². The van der Waals surface area contributed by atoms with E-state index in [1.54, 1.807) is 19.1 Å². The molecule has 190 valence electrons. The molecule has 4 aromatic rings. The molecule has 2 atom stereocenters. The zero-order valence-corrected chi connectivity index (χ0v) is 20.1. The van der Waals surface area contributed by atoms with Crippen molar-refractivity contribution in [3.05, 3.63) is 53.3 Å². The molecule has 5 rings (SSSR count). The van der Waals surface area contributed by atoms with E-state index in [2.05, 4.69) is 30.6 Å². The van der Waals surface area contributed by atoms with E-state index in [-0.39, 0.29) is 16.4 Å². The Morgan fingerprint density at radius 2 is 1.92 bits per heavy atom. The fourth-order valence-corrected chi connectivity index (χ4v) is 4.65. The first-order valence-corrected chi connectivity index (χ1v) is 11.1. The van der Waals surface area contributed by atoms with Crippen molar-refractivity contribution in [3.8, 4) is 5.82 Å². The number of anilines is 2. The number of hydrogen-bond donors (Lipinski definition) is 1. The molecule has 11 nitrogen and oxygen atoms in total. The highest BCUT2D eigenvalue weighted by Gasteiger charge is 2.63. The molecule has 1 aliphatic heterocycles. The van der Waals surface area contributed by atoms with Crippen LogP contribution in [0.1, 0.15) is 11.4 Å². The molecule has 0 saturated heterocycles. The molecule has 0 aromatic carbocycles. The lowest BCUT2D eigenvalue weighted by Crippen LogP contribution is -2.53. The maximum atomic E-state index is 14.7. The van der Waals surface area contributed by atoms with E-state index in [9.17, 15) is 13.2 Å². The predicted octanol–water partition coefficient (Wildman–Crippen LogP) is 2.98. The second-order valence-corrected chi connectivity index (χ2v) is 8.68. The largest absolute Gasteiger partial charge is 0.403 e. The monoisotopic (exact) mass is 523 g/mol. The van der Waals surface area contributed by atoms with Gasteiger partial charge in [-0.3, -0.25) is 0 Å². The number of aromatic nitrogens is 7. The molecule has 0 aliphatic carbocycles. The topological polar surface area (TPSA) is 108 Å². The standard InChI is InChI=1S/C21H21ClF3N9O2/c1-12-6-16-26-9-15-17(33(16)31-12)20(11-35-2,21(23,24)25)10-32(15)19(36-3)30-13-7-14(22)18(27-8-13)34-28-4-5-29-34/h4-9,19,30H,10-11H2,1-3H3/t19?,20-/m0/s1. The first kappa shape index (κ1) is 24.2. The Balaban J connectivity index is 1.56. The van der Waals surface area contributed by atoms with E-state index in [0.717, 1.165) is 0 Å². The van der Waals surface area contributed by atoms with E-state index in [1.165, 1.54) is 53.2 Å². The molecule has 0 fully saturated rings. The molecule has 1 N–H and O–H groups in total. The average molecular weight is 524 g/mol. The number of fused-ring (bicyclic) bond motifs is 3. The smallest absolute Gasteiger partial charge is 0.383 e. The van der Waals surface area contributed by atoms with Crippen LogP contribution in [0, 0.1) is 6.92 Å². The molecule has 1 aliphatic rings. The fraction of sp³-hybridized carbons (Fsp3) is 0.381. The van der Waals surface area contributed by atoms with Crippen molar-refractivity contribution >= 4 is 28.6 Å². The summed E-state index contributed by atoms with van der Waals surface area (Å²) in [7, 11) is 2.61. The minimum absolute atomic E-state index is 0.0740. The van der Waals surface area contributed by atoms with Crippen LogP contribution in [0.15, 0.2) is 36.9 Å². The van der Waals surface area contributed by atoms with Gasteiger partial charge in [0.25, 0.3) is 0 Å². The molecule has 0 spiro atoms. The third kappa shape index (κ3) is 3.81. The number of nitrogens with zero attached hydrogens (tertiary/aromatic N) is 8. The number of aryl methyl sites for hydroxylation is 1. The first-order chi connectivity index (χ1) is 17.2. The van der Waals surface area contributed by atoms with E-state index in [0.29, 0.717) is 22.8 Å². The third-order valence-electron chi connectivity index (χ3n) is 5.95. The summed E-state index contributed by atoms with van der Waals surface area (Å²) in [5, 5.41) is 15.6. The third-order valence-corrected chi connectivity index (χ3v) is 6.23. The average Bonchev–Trinajstić information content (AvgIpc) is 3.55. The van der Waals surface area contributed by atoms with Gasteiger partial charge in [-0.05, 0) is 13.0 Å². The Labute approximate surface area is 207 Å². The van der Waals surface area contributed by atoms with Crippen LogP contribution in [-0.4, -0.2) is 74.5 Å². The zero-order valence-electron chi connectivity index (χ0n) is 19.4. The van der Waals surface area contributed by atoms with E-state index >= 15 is 0 Å². The molecule has 15 heteroatoms. The molecule has 0 bridgehead atoms. The number of pyridine rings is 1. The molecule has 0 saturated carbocycles. The maximum absolute atomic E-state index is 14.7. The summed E-state index contributed by atoms with van der Waals surface area (Å²) in [6.45, 7) is 0.576. The molecular weight excluding hydrogens is 503 g/mol. The number of halogens is 4. The number of alkyl halides is 3. The first-order valence-electron chi connectivity index (χ1n) is 10.7. The van der Waals surface area contributed by atoms with Crippen LogP contribution in [0.5, 0.6) is 0 Å². The van der Waals surface area contributed by atoms with Crippen molar-refractivity contribution in [1.82, 2.24) is 34.6 Å². The predicted molar refractivity (Wildman–Crippen MR) is 123 cm³/mol. The summed E-state index contributed by atoms with van der Waals surface area (Å²) in [4.78, 5) is 11.3. The second-order valence-electron chi connectivity index (χ2n) is 8.27. The molecule has 5 heterocycles. The fourth-order valence-electron chi connectivity index (χ4n) is 4.41. The van der Waals surface area contributed by atoms with Gasteiger partial charge in [0.15, 0.2) is 16.9 Å². The van der Waals surface area contributed by atoms with E-state index < -0.39 is 31.1 Å². The Morgan fingerprint density at radius 1 is 1.17 bits per heavy atom. The Kier molecular flexibility index (Phi) is 5.97. The van der Waals surface area contributed by atoms with Crippen LogP contribution in [0.3, 0.4) is 0 Å². The van der Waals surface area contributed by atoms with Crippen molar-refractivity contribution in [2.75, 3.05) is 37.6 Å². The quantitative estimate of drug-likeness (QED) is 0.366. The van der Waals surface area contributed by atoms with Crippen molar-refractivity contribution < 1.29 is 22.6 Å². The van der Waals surface area contributed by atoms with Crippen LogP contribution in [0.4, 0.5) is 24.5 Å². The summed E-state index contributed by atoms with van der Waals surface area (Å²) in [5.74, 6) is 0.296. The molecule has 36 heavy (non-hydrogen) atoms. The zero-order chi connectivity index (χ0) is 25.7. The van der Waals surface area contributed by atoms with Gasteiger partial charge >= 0.3 is 6.18 Å². The highest BCUT2D eigenvalue weighted by molar-refractivity contribution is 6.32. The Bertz CT molecular complexity index is 1400. The van der Waals surface area contributed by atoms with Crippen molar-refractivity contribution in [2.24, 2.45) is 0 Å². The van der Waals surface area contributed by atoms with Crippen LogP contribution < -0.4 is 10.2 Å². The molecule has 1 unspecified atom stereocenters. The van der Waals surface area contributed by atoms with Gasteiger partial charge in [-0.1, -0.05) is 11.6 Å². The number of rotatable bonds is 7. The number of nitrogens with one attached hydrogen (secondary N) is 1. The Morgan fingerprint density at radius 3 is 2.56 bits per heavy atom. The molecular formula is C21H21ClF3N9O2. The summed E-state index contributed by atoms with van der Waals surface area (Å²) >= 11 is 6.36. The number of hydrogen-bond acceptors (Lipinski definition) is 9. The van der Waals surface area contributed by atoms with Crippen LogP contribution in [-0.2, 0) is 14.9 Å². The van der Waals surface area contributed by atoms with Gasteiger partial charge in [-0.15, -0.1) is 4.80 Å². The van der Waals surface area contributed by atoms with Gasteiger partial charge in [0.1, 0.15) is 0 Å². The SMILES string of the molecule is COC[C@@]1(C(F)(F)F)CN(C(Nc2cnc(-n3nccn3)c(Cl)c2)OC)c2cnc3cc(C)nn3c21. The van der Waals surface area contributed by atoms with Crippen molar-refractivity contribution in [1.29, 1.82) is 0 Å². The summed E-state index contributed by atoms with van der Waals surface area (Å²) < 4.78 is 56.2. The van der Waals surface area contributed by atoms with Gasteiger partial charge in [-0.2, -0.15) is 28.5 Å². The maximum Gasteiger partial charge on any atom is 0.403 e. The summed E-state index contributed by atoms with van der Waals surface area (Å²) in [6.07, 6.45) is 0.108. The molecule has 0 amide bonds. The lowest BCUT2D eigenvalue weighted by atomic mass is 9.86. The van der Waals surface area contributed by atoms with E-state index in [1.807, 2.05) is 0 Å². The normalized spacial score (nSPS) is 18.6. The van der Waals surface area contributed by atoms with Crippen molar-refractivity contribution in [3.63, 3.8) is 0 Å². The van der Waals surface area contributed by atoms with Crippen molar-refractivity contribution in [2.45, 2.75) is 24.9 Å². The lowest BCUT2D eigenvalue weighted by molar-refractivity contribution is -0.200. The van der Waals surface area contributed by atoms with Gasteiger partial charge < -0.3 is 19.7 Å². The highest BCUT2D eigenvalue weighted by atomic mass is 35.5. The van der Waals surface area contributed by atoms with E-state index in [4.69, 9.17) is 21.1 Å². The van der Waals surface area contributed by atoms with Gasteiger partial charge in [0.05, 0.1) is 59.2 Å². The summed E-state index contributed by atoms with van der Waals surface area (Å²) in [5.41, 5.74) is -1.01. The highest BCUT2D eigenvalue weighted by Crippen LogP contribution is 2.51. The molecule has 0 radical (unpaired) electrons. The van der Waals surface area contributed by atoms with Crippen LogP contribution in [0.2, 0.25) is 5.02 Å².